The summed E-state index contributed by atoms with van der Waals surface area (Å²) in [5.41, 5.74) is 0.877. The van der Waals surface area contributed by atoms with E-state index in [0.29, 0.717) is 25.0 Å². The van der Waals surface area contributed by atoms with Crippen molar-refractivity contribution >= 4 is 5.97 Å². The van der Waals surface area contributed by atoms with Gasteiger partial charge in [-0.25, -0.2) is 0 Å². The summed E-state index contributed by atoms with van der Waals surface area (Å²) in [6.07, 6.45) is 1.65. The fourth-order valence-electron chi connectivity index (χ4n) is 2.03. The van der Waals surface area contributed by atoms with Crippen LogP contribution in [0.4, 0.5) is 0 Å². The van der Waals surface area contributed by atoms with Crippen LogP contribution in [0.3, 0.4) is 0 Å². The standard InChI is InChI=1S/C15H19NO3/c1-3-11(15(17)18)7-8-13(10-16)12-5-4-6-14(9-12)19-2/h4-6,9,11,13H,3,7-8H2,1-2H3,(H,17,18). The van der Waals surface area contributed by atoms with Crippen LogP contribution >= 0.6 is 0 Å². The van der Waals surface area contributed by atoms with E-state index in [1.165, 1.54) is 0 Å². The number of carboxylic acid groups (broad SMARTS) is 1. The Hall–Kier alpha value is -2.02. The van der Waals surface area contributed by atoms with Crippen LogP contribution in [0.5, 0.6) is 5.75 Å². The lowest BCUT2D eigenvalue weighted by atomic mass is 9.90. The Bertz CT molecular complexity index is 465. The third-order valence-corrected chi connectivity index (χ3v) is 3.30. The molecule has 1 N–H and O–H groups in total. The van der Waals surface area contributed by atoms with Crippen LogP contribution in [0.15, 0.2) is 24.3 Å². The molecule has 0 heterocycles. The van der Waals surface area contributed by atoms with Crippen molar-refractivity contribution in [3.63, 3.8) is 0 Å². The molecule has 4 heteroatoms. The number of aliphatic carboxylic acids is 1. The molecule has 102 valence electrons. The van der Waals surface area contributed by atoms with Gasteiger partial charge < -0.3 is 9.84 Å². The number of ether oxygens (including phenoxy) is 1. The highest BCUT2D eigenvalue weighted by Crippen LogP contribution is 2.26. The zero-order valence-electron chi connectivity index (χ0n) is 11.3. The van der Waals surface area contributed by atoms with Gasteiger partial charge in [0.05, 0.1) is 25.0 Å². The number of benzene rings is 1. The van der Waals surface area contributed by atoms with Crippen LogP contribution in [0.25, 0.3) is 0 Å². The normalized spacial score (nSPS) is 13.3. The summed E-state index contributed by atoms with van der Waals surface area (Å²) in [5, 5.41) is 18.2. The zero-order chi connectivity index (χ0) is 14.3. The van der Waals surface area contributed by atoms with Gasteiger partial charge >= 0.3 is 5.97 Å². The quantitative estimate of drug-likeness (QED) is 0.818. The van der Waals surface area contributed by atoms with Gasteiger partial charge in [-0.3, -0.25) is 4.79 Å². The molecule has 0 fully saturated rings. The third kappa shape index (κ3) is 4.29. The number of carboxylic acids is 1. The van der Waals surface area contributed by atoms with Crippen LogP contribution in [-0.2, 0) is 4.79 Å². The van der Waals surface area contributed by atoms with Crippen molar-refractivity contribution in [1.82, 2.24) is 0 Å². The first-order chi connectivity index (χ1) is 9.12. The van der Waals surface area contributed by atoms with Gasteiger partial charge in [0.25, 0.3) is 0 Å². The second kappa shape index (κ2) is 7.42. The first-order valence-corrected chi connectivity index (χ1v) is 6.38. The molecule has 0 aliphatic carbocycles. The van der Waals surface area contributed by atoms with E-state index in [0.717, 1.165) is 5.56 Å². The Balaban J connectivity index is 2.73. The number of hydrogen-bond donors (Lipinski definition) is 1. The maximum Gasteiger partial charge on any atom is 0.306 e. The van der Waals surface area contributed by atoms with E-state index in [2.05, 4.69) is 6.07 Å². The highest BCUT2D eigenvalue weighted by molar-refractivity contribution is 5.69. The second-order valence-corrected chi connectivity index (χ2v) is 4.48. The minimum Gasteiger partial charge on any atom is -0.497 e. The summed E-state index contributed by atoms with van der Waals surface area (Å²) < 4.78 is 5.13. The summed E-state index contributed by atoms with van der Waals surface area (Å²) in [6, 6.07) is 9.61. The summed E-state index contributed by atoms with van der Waals surface area (Å²) in [7, 11) is 1.58. The number of rotatable bonds is 7. The number of carbonyl (C=O) groups is 1. The summed E-state index contributed by atoms with van der Waals surface area (Å²) in [4.78, 5) is 11.0. The van der Waals surface area contributed by atoms with Crippen LogP contribution < -0.4 is 4.74 Å². The molecule has 0 spiro atoms. The Morgan fingerprint density at radius 2 is 2.21 bits per heavy atom. The van der Waals surface area contributed by atoms with Crippen LogP contribution in [0, 0.1) is 17.2 Å². The average molecular weight is 261 g/mol. The minimum absolute atomic E-state index is 0.288. The monoisotopic (exact) mass is 261 g/mol. The van der Waals surface area contributed by atoms with Crippen molar-refractivity contribution in [1.29, 1.82) is 5.26 Å². The largest absolute Gasteiger partial charge is 0.497 e. The maximum absolute atomic E-state index is 11.0. The molecule has 2 unspecified atom stereocenters. The Kier molecular flexibility index (Phi) is 5.87. The SMILES string of the molecule is CCC(CCC(C#N)c1cccc(OC)c1)C(=O)O. The summed E-state index contributed by atoms with van der Waals surface area (Å²) in [6.45, 7) is 1.85. The van der Waals surface area contributed by atoms with Crippen LogP contribution in [0.2, 0.25) is 0 Å². The Labute approximate surface area is 113 Å². The van der Waals surface area contributed by atoms with Crippen LogP contribution in [0.1, 0.15) is 37.7 Å². The molecule has 0 bridgehead atoms. The van der Waals surface area contributed by atoms with E-state index in [1.54, 1.807) is 7.11 Å². The van der Waals surface area contributed by atoms with Gasteiger partial charge in [0.2, 0.25) is 0 Å². The first kappa shape index (κ1) is 15.0. The molecule has 0 amide bonds. The number of nitrogens with zero attached hydrogens (tertiary/aromatic N) is 1. The van der Waals surface area contributed by atoms with Gasteiger partial charge in [-0.2, -0.15) is 5.26 Å². The van der Waals surface area contributed by atoms with Crippen LogP contribution in [-0.4, -0.2) is 18.2 Å². The van der Waals surface area contributed by atoms with E-state index < -0.39 is 5.97 Å². The van der Waals surface area contributed by atoms with Gasteiger partial charge in [-0.05, 0) is 37.0 Å². The molecule has 0 radical (unpaired) electrons. The van der Waals surface area contributed by atoms with Gasteiger partial charge in [0, 0.05) is 0 Å². The highest BCUT2D eigenvalue weighted by atomic mass is 16.5. The Morgan fingerprint density at radius 1 is 1.47 bits per heavy atom. The summed E-state index contributed by atoms with van der Waals surface area (Å²) in [5.74, 6) is -0.738. The van der Waals surface area contributed by atoms with Crippen molar-refractivity contribution in [2.24, 2.45) is 5.92 Å². The number of nitriles is 1. The predicted octanol–water partition coefficient (Wildman–Crippen LogP) is 3.19. The van der Waals surface area contributed by atoms with E-state index in [-0.39, 0.29) is 11.8 Å². The van der Waals surface area contributed by atoms with Gasteiger partial charge in [0.1, 0.15) is 5.75 Å². The highest BCUT2D eigenvalue weighted by Gasteiger charge is 2.19. The molecule has 2 atom stereocenters. The van der Waals surface area contributed by atoms with E-state index in [1.807, 2.05) is 31.2 Å². The minimum atomic E-state index is -0.787. The van der Waals surface area contributed by atoms with Crippen molar-refractivity contribution < 1.29 is 14.6 Å². The molecule has 0 saturated heterocycles. The fourth-order valence-corrected chi connectivity index (χ4v) is 2.03. The van der Waals surface area contributed by atoms with Gasteiger partial charge in [-0.15, -0.1) is 0 Å². The molecule has 0 aromatic heterocycles. The lowest BCUT2D eigenvalue weighted by Gasteiger charge is -2.14. The molecule has 0 aliphatic rings. The Morgan fingerprint density at radius 3 is 2.74 bits per heavy atom. The lowest BCUT2D eigenvalue weighted by molar-refractivity contribution is -0.142. The van der Waals surface area contributed by atoms with E-state index in [9.17, 15) is 10.1 Å². The first-order valence-electron chi connectivity index (χ1n) is 6.38. The molecule has 1 aromatic rings. The van der Waals surface area contributed by atoms with Gasteiger partial charge in [-0.1, -0.05) is 19.1 Å². The fraction of sp³-hybridized carbons (Fsp3) is 0.467. The maximum atomic E-state index is 11.0. The number of hydrogen-bond acceptors (Lipinski definition) is 3. The molecule has 1 aromatic carbocycles. The van der Waals surface area contributed by atoms with Gasteiger partial charge in [0.15, 0.2) is 0 Å². The second-order valence-electron chi connectivity index (χ2n) is 4.48. The number of methoxy groups -OCH3 is 1. The summed E-state index contributed by atoms with van der Waals surface area (Å²) >= 11 is 0. The molecular weight excluding hydrogens is 242 g/mol. The smallest absolute Gasteiger partial charge is 0.306 e. The lowest BCUT2D eigenvalue weighted by Crippen LogP contribution is -2.13. The molecule has 19 heavy (non-hydrogen) atoms. The van der Waals surface area contributed by atoms with Crippen molar-refractivity contribution in [2.75, 3.05) is 7.11 Å². The molecular formula is C15H19NO3. The predicted molar refractivity (Wildman–Crippen MR) is 72.0 cm³/mol. The zero-order valence-corrected chi connectivity index (χ0v) is 11.3. The topological polar surface area (TPSA) is 70.3 Å². The van der Waals surface area contributed by atoms with Crippen molar-refractivity contribution in [2.45, 2.75) is 32.1 Å². The van der Waals surface area contributed by atoms with E-state index >= 15 is 0 Å². The third-order valence-electron chi connectivity index (χ3n) is 3.30. The van der Waals surface area contributed by atoms with E-state index in [4.69, 9.17) is 9.84 Å². The molecule has 4 nitrogen and oxygen atoms in total. The van der Waals surface area contributed by atoms with Crippen molar-refractivity contribution in [3.05, 3.63) is 29.8 Å². The average Bonchev–Trinajstić information content (AvgIpc) is 2.43. The molecule has 0 aliphatic heterocycles. The molecule has 1 rings (SSSR count). The molecule has 0 saturated carbocycles. The van der Waals surface area contributed by atoms with Crippen molar-refractivity contribution in [3.8, 4) is 11.8 Å².